The van der Waals surface area contributed by atoms with E-state index in [-0.39, 0.29) is 4.90 Å². The number of nitrogens with one attached hydrogen (secondary N) is 1. The van der Waals surface area contributed by atoms with Gasteiger partial charge in [0.05, 0.1) is 33.7 Å². The first kappa shape index (κ1) is 17.9. The van der Waals surface area contributed by atoms with E-state index in [1.54, 1.807) is 19.1 Å². The maximum Gasteiger partial charge on any atom is 0.262 e. The second-order valence-electron chi connectivity index (χ2n) is 5.69. The molecule has 2 heterocycles. The first-order chi connectivity index (χ1) is 12.4. The topological polar surface area (TPSA) is 107 Å². The summed E-state index contributed by atoms with van der Waals surface area (Å²) in [5.74, 6) is 1.24. The van der Waals surface area contributed by atoms with Gasteiger partial charge in [0.1, 0.15) is 24.4 Å². The zero-order chi connectivity index (χ0) is 18.7. The van der Waals surface area contributed by atoms with Gasteiger partial charge in [-0.15, -0.1) is 0 Å². The van der Waals surface area contributed by atoms with Crippen molar-refractivity contribution in [2.75, 3.05) is 4.72 Å². The van der Waals surface area contributed by atoms with Crippen molar-refractivity contribution in [1.82, 2.24) is 15.1 Å². The maximum absolute atomic E-state index is 12.5. The van der Waals surface area contributed by atoms with Gasteiger partial charge in [0.25, 0.3) is 10.0 Å². The molecular formula is C17H18N4O4S. The number of rotatable bonds is 6. The van der Waals surface area contributed by atoms with Gasteiger partial charge >= 0.3 is 0 Å². The van der Waals surface area contributed by atoms with E-state index in [1.807, 2.05) is 13.8 Å². The molecule has 0 unspecified atom stereocenters. The third kappa shape index (κ3) is 3.83. The van der Waals surface area contributed by atoms with Crippen molar-refractivity contribution in [3.05, 3.63) is 59.5 Å². The minimum Gasteiger partial charge on any atom is -0.489 e. The lowest BCUT2D eigenvalue weighted by Gasteiger charge is -2.10. The molecule has 0 amide bonds. The Morgan fingerprint density at radius 3 is 2.46 bits per heavy atom. The molecule has 26 heavy (non-hydrogen) atoms. The van der Waals surface area contributed by atoms with Crippen LogP contribution >= 0.6 is 0 Å². The van der Waals surface area contributed by atoms with Crippen LogP contribution in [0.1, 0.15) is 22.7 Å². The fourth-order valence-corrected chi connectivity index (χ4v) is 3.38. The number of ether oxygens (including phenoxy) is 1. The van der Waals surface area contributed by atoms with Crippen LogP contribution in [0.3, 0.4) is 0 Å². The Morgan fingerprint density at radius 1 is 1.12 bits per heavy atom. The number of aryl methyl sites for hydroxylation is 3. The average Bonchev–Trinajstić information content (AvgIpc) is 2.93. The molecule has 1 aromatic carbocycles. The molecule has 0 fully saturated rings. The Hall–Kier alpha value is -2.94. The SMILES string of the molecule is Cc1ncncc1NS(=O)(=O)c1ccc(OCc2c(C)noc2C)cc1. The van der Waals surface area contributed by atoms with E-state index in [4.69, 9.17) is 9.26 Å². The molecule has 8 nitrogen and oxygen atoms in total. The molecular weight excluding hydrogens is 356 g/mol. The summed E-state index contributed by atoms with van der Waals surface area (Å²) in [6, 6.07) is 6.15. The van der Waals surface area contributed by atoms with Crippen LogP contribution in [-0.4, -0.2) is 23.5 Å². The predicted molar refractivity (Wildman–Crippen MR) is 94.3 cm³/mol. The van der Waals surface area contributed by atoms with Crippen molar-refractivity contribution in [2.24, 2.45) is 0 Å². The van der Waals surface area contributed by atoms with Gasteiger partial charge in [-0.05, 0) is 45.0 Å². The van der Waals surface area contributed by atoms with Gasteiger partial charge in [-0.1, -0.05) is 5.16 Å². The van der Waals surface area contributed by atoms with Crippen molar-refractivity contribution in [2.45, 2.75) is 32.3 Å². The molecule has 0 saturated heterocycles. The Bertz CT molecular complexity index is 994. The Balaban J connectivity index is 1.71. The first-order valence-corrected chi connectivity index (χ1v) is 9.29. The number of nitrogens with zero attached hydrogens (tertiary/aromatic N) is 3. The molecule has 0 saturated carbocycles. The molecule has 0 aliphatic carbocycles. The van der Waals surface area contributed by atoms with Crippen molar-refractivity contribution in [1.29, 1.82) is 0 Å². The van der Waals surface area contributed by atoms with E-state index in [0.717, 1.165) is 11.3 Å². The molecule has 136 valence electrons. The molecule has 3 rings (SSSR count). The van der Waals surface area contributed by atoms with Gasteiger partial charge in [-0.25, -0.2) is 18.4 Å². The standard InChI is InChI=1S/C17H18N4O4S/c1-11-16(13(3)25-20-11)9-24-14-4-6-15(7-5-14)26(22,23)21-17-8-18-10-19-12(17)2/h4-8,10,21H,9H2,1-3H3. The van der Waals surface area contributed by atoms with E-state index < -0.39 is 10.0 Å². The van der Waals surface area contributed by atoms with Crippen LogP contribution in [0.15, 0.2) is 46.2 Å². The smallest absolute Gasteiger partial charge is 0.262 e. The van der Waals surface area contributed by atoms with Crippen molar-refractivity contribution >= 4 is 15.7 Å². The van der Waals surface area contributed by atoms with Crippen LogP contribution in [-0.2, 0) is 16.6 Å². The molecule has 9 heteroatoms. The van der Waals surface area contributed by atoms with Crippen LogP contribution < -0.4 is 9.46 Å². The van der Waals surface area contributed by atoms with Crippen LogP contribution in [0.2, 0.25) is 0 Å². The molecule has 1 N–H and O–H groups in total. The number of anilines is 1. The highest BCUT2D eigenvalue weighted by atomic mass is 32.2. The molecule has 0 aliphatic rings. The van der Waals surface area contributed by atoms with Gasteiger partial charge in [-0.2, -0.15) is 0 Å². The van der Waals surface area contributed by atoms with Gasteiger partial charge in [0.15, 0.2) is 0 Å². The zero-order valence-electron chi connectivity index (χ0n) is 14.6. The highest BCUT2D eigenvalue weighted by Crippen LogP contribution is 2.21. The second-order valence-corrected chi connectivity index (χ2v) is 7.37. The van der Waals surface area contributed by atoms with Crippen molar-refractivity contribution < 1.29 is 17.7 Å². The van der Waals surface area contributed by atoms with Crippen molar-refractivity contribution in [3.8, 4) is 5.75 Å². The third-order valence-electron chi connectivity index (χ3n) is 3.85. The summed E-state index contributed by atoms with van der Waals surface area (Å²) in [6.07, 6.45) is 2.78. The first-order valence-electron chi connectivity index (χ1n) is 7.81. The minimum absolute atomic E-state index is 0.116. The molecule has 0 bridgehead atoms. The van der Waals surface area contributed by atoms with E-state index >= 15 is 0 Å². The van der Waals surface area contributed by atoms with E-state index in [9.17, 15) is 8.42 Å². The van der Waals surface area contributed by atoms with E-state index in [1.165, 1.54) is 24.7 Å². The maximum atomic E-state index is 12.5. The lowest BCUT2D eigenvalue weighted by atomic mass is 10.2. The largest absolute Gasteiger partial charge is 0.489 e. The van der Waals surface area contributed by atoms with Gasteiger partial charge in [0, 0.05) is 0 Å². The van der Waals surface area contributed by atoms with Crippen LogP contribution in [0.25, 0.3) is 0 Å². The summed E-state index contributed by atoms with van der Waals surface area (Å²) in [7, 11) is -3.73. The van der Waals surface area contributed by atoms with Gasteiger partial charge < -0.3 is 9.26 Å². The Kier molecular flexibility index (Phi) is 4.90. The zero-order valence-corrected chi connectivity index (χ0v) is 15.4. The summed E-state index contributed by atoms with van der Waals surface area (Å²) in [6.45, 7) is 5.65. The van der Waals surface area contributed by atoms with Crippen molar-refractivity contribution in [3.63, 3.8) is 0 Å². The number of aromatic nitrogens is 3. The average molecular weight is 374 g/mol. The quantitative estimate of drug-likeness (QED) is 0.707. The Labute approximate surface area is 151 Å². The highest BCUT2D eigenvalue weighted by Gasteiger charge is 2.16. The summed E-state index contributed by atoms with van der Waals surface area (Å²) in [5.41, 5.74) is 2.53. The van der Waals surface area contributed by atoms with E-state index in [2.05, 4.69) is 19.8 Å². The van der Waals surface area contributed by atoms with Crippen LogP contribution in [0.4, 0.5) is 5.69 Å². The fraction of sp³-hybridized carbons (Fsp3) is 0.235. The molecule has 0 radical (unpaired) electrons. The molecule has 0 atom stereocenters. The fourth-order valence-electron chi connectivity index (χ4n) is 2.27. The minimum atomic E-state index is -3.73. The number of hydrogen-bond acceptors (Lipinski definition) is 7. The van der Waals surface area contributed by atoms with Gasteiger partial charge in [0.2, 0.25) is 0 Å². The van der Waals surface area contributed by atoms with Crippen LogP contribution in [0.5, 0.6) is 5.75 Å². The number of sulfonamides is 1. The summed E-state index contributed by atoms with van der Waals surface area (Å²) in [4.78, 5) is 7.91. The normalized spacial score (nSPS) is 11.3. The molecule has 0 spiro atoms. The lowest BCUT2D eigenvalue weighted by Crippen LogP contribution is -2.14. The third-order valence-corrected chi connectivity index (χ3v) is 5.24. The molecule has 3 aromatic rings. The Morgan fingerprint density at radius 2 is 1.85 bits per heavy atom. The summed E-state index contributed by atoms with van der Waals surface area (Å²) < 4.78 is 38.2. The predicted octanol–water partition coefficient (Wildman–Crippen LogP) is 2.77. The monoisotopic (exact) mass is 374 g/mol. The number of hydrogen-bond donors (Lipinski definition) is 1. The second kappa shape index (κ2) is 7.12. The summed E-state index contributed by atoms with van der Waals surface area (Å²) in [5, 5.41) is 3.87. The van der Waals surface area contributed by atoms with E-state index in [0.29, 0.717) is 29.5 Å². The highest BCUT2D eigenvalue weighted by molar-refractivity contribution is 7.92. The summed E-state index contributed by atoms with van der Waals surface area (Å²) >= 11 is 0. The number of benzene rings is 1. The van der Waals surface area contributed by atoms with Gasteiger partial charge in [-0.3, -0.25) is 4.72 Å². The lowest BCUT2D eigenvalue weighted by molar-refractivity contribution is 0.301. The van der Waals surface area contributed by atoms with Crippen LogP contribution in [0, 0.1) is 20.8 Å². The molecule has 0 aliphatic heterocycles. The molecule has 2 aromatic heterocycles.